The largest absolute Gasteiger partial charge is 0.383 e. The molecule has 0 aliphatic rings. The van der Waals surface area contributed by atoms with Gasteiger partial charge in [-0.15, -0.1) is 0 Å². The number of imidazole rings is 1. The summed E-state index contributed by atoms with van der Waals surface area (Å²) in [5.74, 6) is 1.41. The molecule has 0 spiro atoms. The average molecular weight is 253 g/mol. The first kappa shape index (κ1) is 9.21. The molecule has 2 aromatic rings. The van der Waals surface area contributed by atoms with Crippen molar-refractivity contribution in [3.63, 3.8) is 0 Å². The molecule has 0 aliphatic carbocycles. The van der Waals surface area contributed by atoms with Crippen molar-refractivity contribution < 1.29 is 0 Å². The Hall–Kier alpha value is -1.36. The van der Waals surface area contributed by atoms with Crippen LogP contribution >= 0.6 is 15.9 Å². The van der Waals surface area contributed by atoms with Crippen LogP contribution in [0, 0.1) is 6.92 Å². The van der Waals surface area contributed by atoms with Gasteiger partial charge in [0, 0.05) is 12.4 Å². The van der Waals surface area contributed by atoms with Gasteiger partial charge in [-0.25, -0.2) is 9.97 Å². The topological polar surface area (TPSA) is 56.7 Å². The zero-order valence-corrected chi connectivity index (χ0v) is 9.19. The molecule has 0 aromatic carbocycles. The van der Waals surface area contributed by atoms with Gasteiger partial charge in [-0.1, -0.05) is 0 Å². The summed E-state index contributed by atoms with van der Waals surface area (Å²) >= 11 is 3.33. The minimum absolute atomic E-state index is 0.492. The van der Waals surface area contributed by atoms with Crippen molar-refractivity contribution >= 4 is 21.7 Å². The van der Waals surface area contributed by atoms with Crippen LogP contribution in [0.1, 0.15) is 5.82 Å². The summed E-state index contributed by atoms with van der Waals surface area (Å²) in [5, 5.41) is 0. The first-order valence-corrected chi connectivity index (χ1v) is 4.89. The zero-order valence-electron chi connectivity index (χ0n) is 7.61. The molecule has 0 aliphatic heterocycles. The Morgan fingerprint density at radius 2 is 2.21 bits per heavy atom. The number of hydrogen-bond donors (Lipinski definition) is 1. The summed E-state index contributed by atoms with van der Waals surface area (Å²) < 4.78 is 2.74. The van der Waals surface area contributed by atoms with Crippen LogP contribution in [0.2, 0.25) is 0 Å². The van der Waals surface area contributed by atoms with Gasteiger partial charge in [-0.05, 0) is 28.9 Å². The lowest BCUT2D eigenvalue weighted by Crippen LogP contribution is -1.98. The fourth-order valence-corrected chi connectivity index (χ4v) is 1.56. The van der Waals surface area contributed by atoms with Crippen molar-refractivity contribution in [1.29, 1.82) is 0 Å². The number of pyridine rings is 1. The minimum atomic E-state index is 0.492. The molecule has 72 valence electrons. The van der Waals surface area contributed by atoms with Crippen LogP contribution in [0.5, 0.6) is 0 Å². The number of nitrogens with two attached hydrogens (primary N) is 1. The van der Waals surface area contributed by atoms with Gasteiger partial charge in [-0.2, -0.15) is 0 Å². The van der Waals surface area contributed by atoms with E-state index >= 15 is 0 Å². The molecule has 0 fully saturated rings. The summed E-state index contributed by atoms with van der Waals surface area (Å²) in [7, 11) is 0. The smallest absolute Gasteiger partial charge is 0.137 e. The van der Waals surface area contributed by atoms with Gasteiger partial charge in [0.2, 0.25) is 0 Å². The molecule has 0 saturated carbocycles. The first-order chi connectivity index (χ1) is 6.68. The SMILES string of the molecule is Cc1nccn1-c1cnc(N)c(Br)c1. The van der Waals surface area contributed by atoms with Crippen LogP contribution in [-0.2, 0) is 0 Å². The van der Waals surface area contributed by atoms with E-state index < -0.39 is 0 Å². The van der Waals surface area contributed by atoms with Gasteiger partial charge in [0.15, 0.2) is 0 Å². The molecule has 2 N–H and O–H groups in total. The number of nitrogens with zero attached hydrogens (tertiary/aromatic N) is 3. The molecule has 2 heterocycles. The third-order valence-corrected chi connectivity index (χ3v) is 2.59. The number of hydrogen-bond acceptors (Lipinski definition) is 3. The van der Waals surface area contributed by atoms with Crippen LogP contribution in [0.3, 0.4) is 0 Å². The van der Waals surface area contributed by atoms with Crippen molar-refractivity contribution in [3.05, 3.63) is 35.0 Å². The number of halogens is 1. The molecule has 14 heavy (non-hydrogen) atoms. The predicted molar refractivity (Wildman–Crippen MR) is 58.2 cm³/mol. The highest BCUT2D eigenvalue weighted by Crippen LogP contribution is 2.20. The maximum Gasteiger partial charge on any atom is 0.137 e. The molecule has 5 heteroatoms. The monoisotopic (exact) mass is 252 g/mol. The highest BCUT2D eigenvalue weighted by molar-refractivity contribution is 9.10. The highest BCUT2D eigenvalue weighted by Gasteiger charge is 2.03. The Morgan fingerprint density at radius 3 is 2.79 bits per heavy atom. The Balaban J connectivity index is 2.53. The van der Waals surface area contributed by atoms with E-state index in [4.69, 9.17) is 5.73 Å². The summed E-state index contributed by atoms with van der Waals surface area (Å²) in [5.41, 5.74) is 6.54. The minimum Gasteiger partial charge on any atom is -0.383 e. The number of aromatic nitrogens is 3. The summed E-state index contributed by atoms with van der Waals surface area (Å²) in [6.45, 7) is 1.93. The summed E-state index contributed by atoms with van der Waals surface area (Å²) in [4.78, 5) is 8.19. The fraction of sp³-hybridized carbons (Fsp3) is 0.111. The average Bonchev–Trinajstić information content (AvgIpc) is 2.57. The van der Waals surface area contributed by atoms with Gasteiger partial charge in [0.25, 0.3) is 0 Å². The molecule has 2 rings (SSSR count). The molecule has 0 amide bonds. The van der Waals surface area contributed by atoms with Gasteiger partial charge >= 0.3 is 0 Å². The second kappa shape index (κ2) is 3.42. The third-order valence-electron chi connectivity index (χ3n) is 1.96. The zero-order chi connectivity index (χ0) is 10.1. The molecule has 0 atom stereocenters. The predicted octanol–water partition coefficient (Wildman–Crippen LogP) is 1.92. The first-order valence-electron chi connectivity index (χ1n) is 4.10. The number of rotatable bonds is 1. The standard InChI is InChI=1S/C9H9BrN4/c1-6-12-2-3-14(6)7-4-8(10)9(11)13-5-7/h2-5H,1H3,(H2,11,13). The third kappa shape index (κ3) is 1.50. The fourth-order valence-electron chi connectivity index (χ4n) is 1.22. The lowest BCUT2D eigenvalue weighted by molar-refractivity contribution is 0.964. The van der Waals surface area contributed by atoms with Crippen LogP contribution in [0.4, 0.5) is 5.82 Å². The van der Waals surface area contributed by atoms with Crippen molar-refractivity contribution in [2.24, 2.45) is 0 Å². The lowest BCUT2D eigenvalue weighted by atomic mass is 10.4. The highest BCUT2D eigenvalue weighted by atomic mass is 79.9. The molecular weight excluding hydrogens is 244 g/mol. The number of aryl methyl sites for hydroxylation is 1. The Kier molecular flexibility index (Phi) is 2.25. The van der Waals surface area contributed by atoms with E-state index in [0.717, 1.165) is 16.0 Å². The van der Waals surface area contributed by atoms with E-state index in [2.05, 4.69) is 25.9 Å². The van der Waals surface area contributed by atoms with E-state index in [9.17, 15) is 0 Å². The molecule has 4 nitrogen and oxygen atoms in total. The van der Waals surface area contributed by atoms with Crippen LogP contribution in [-0.4, -0.2) is 14.5 Å². The lowest BCUT2D eigenvalue weighted by Gasteiger charge is -2.05. The number of anilines is 1. The molecule has 2 aromatic heterocycles. The van der Waals surface area contributed by atoms with Gasteiger partial charge in [0.1, 0.15) is 11.6 Å². The molecule has 0 saturated heterocycles. The maximum absolute atomic E-state index is 5.60. The van der Waals surface area contributed by atoms with Crippen molar-refractivity contribution in [1.82, 2.24) is 14.5 Å². The van der Waals surface area contributed by atoms with Crippen molar-refractivity contribution in [2.45, 2.75) is 6.92 Å². The molecule has 0 radical (unpaired) electrons. The van der Waals surface area contributed by atoms with Crippen LogP contribution < -0.4 is 5.73 Å². The second-order valence-electron chi connectivity index (χ2n) is 2.91. The second-order valence-corrected chi connectivity index (χ2v) is 3.76. The molecule has 0 bridgehead atoms. The van der Waals surface area contributed by atoms with Gasteiger partial charge in [0.05, 0.1) is 16.4 Å². The van der Waals surface area contributed by atoms with Crippen LogP contribution in [0.15, 0.2) is 29.1 Å². The van der Waals surface area contributed by atoms with E-state index in [1.807, 2.05) is 23.8 Å². The van der Waals surface area contributed by atoms with E-state index in [-0.39, 0.29) is 0 Å². The van der Waals surface area contributed by atoms with Crippen molar-refractivity contribution in [2.75, 3.05) is 5.73 Å². The van der Waals surface area contributed by atoms with E-state index in [1.165, 1.54) is 0 Å². The summed E-state index contributed by atoms with van der Waals surface area (Å²) in [6.07, 6.45) is 5.35. The molecule has 0 unspecified atom stereocenters. The van der Waals surface area contributed by atoms with Crippen molar-refractivity contribution in [3.8, 4) is 5.69 Å². The summed E-state index contributed by atoms with van der Waals surface area (Å²) in [6, 6.07) is 1.91. The Morgan fingerprint density at radius 1 is 1.43 bits per heavy atom. The quantitative estimate of drug-likeness (QED) is 0.844. The Labute approximate surface area is 89.9 Å². The van der Waals surface area contributed by atoms with Crippen LogP contribution in [0.25, 0.3) is 5.69 Å². The van der Waals surface area contributed by atoms with E-state index in [0.29, 0.717) is 5.82 Å². The maximum atomic E-state index is 5.60. The van der Waals surface area contributed by atoms with E-state index in [1.54, 1.807) is 12.4 Å². The Bertz CT molecular complexity index is 464. The van der Waals surface area contributed by atoms with Gasteiger partial charge < -0.3 is 10.3 Å². The normalized spacial score (nSPS) is 10.4. The molecular formula is C9H9BrN4. The van der Waals surface area contributed by atoms with Gasteiger partial charge in [-0.3, -0.25) is 0 Å². The number of nitrogen functional groups attached to an aromatic ring is 1.